The molecule has 124 valence electrons. The molecule has 1 aliphatic heterocycles. The molecule has 3 rings (SSSR count). The van der Waals surface area contributed by atoms with Crippen LogP contribution >= 0.6 is 11.8 Å². The molecule has 1 saturated heterocycles. The van der Waals surface area contributed by atoms with Crippen LogP contribution in [0.2, 0.25) is 0 Å². The van der Waals surface area contributed by atoms with Gasteiger partial charge in [-0.3, -0.25) is 4.79 Å². The second-order valence-electron chi connectivity index (χ2n) is 6.21. The van der Waals surface area contributed by atoms with Gasteiger partial charge in [-0.25, -0.2) is 4.98 Å². The summed E-state index contributed by atoms with van der Waals surface area (Å²) in [4.78, 5) is 19.1. The van der Waals surface area contributed by atoms with Gasteiger partial charge in [0.25, 0.3) is 0 Å². The summed E-state index contributed by atoms with van der Waals surface area (Å²) in [5.41, 5.74) is 1.92. The first-order chi connectivity index (χ1) is 11.1. The van der Waals surface area contributed by atoms with E-state index < -0.39 is 6.10 Å². The van der Waals surface area contributed by atoms with Gasteiger partial charge in [-0.1, -0.05) is 19.1 Å². The summed E-state index contributed by atoms with van der Waals surface area (Å²) in [6.07, 6.45) is 2.47. The number of amides is 1. The van der Waals surface area contributed by atoms with E-state index in [0.717, 1.165) is 35.6 Å². The molecule has 23 heavy (non-hydrogen) atoms. The fourth-order valence-corrected chi connectivity index (χ4v) is 3.53. The molecule has 1 aromatic heterocycles. The molecule has 0 spiro atoms. The maximum absolute atomic E-state index is 12.7. The van der Waals surface area contributed by atoms with E-state index in [0.29, 0.717) is 6.54 Å². The molecule has 2 heterocycles. The summed E-state index contributed by atoms with van der Waals surface area (Å²) in [6.45, 7) is 3.48. The monoisotopic (exact) mass is 333 g/mol. The average Bonchev–Trinajstić information content (AvgIpc) is 2.88. The number of imidazole rings is 1. The number of aromatic nitrogens is 2. The number of piperidine rings is 1. The lowest BCUT2D eigenvalue weighted by molar-refractivity contribution is -0.136. The molecule has 5 nitrogen and oxygen atoms in total. The van der Waals surface area contributed by atoms with Crippen molar-refractivity contribution in [3.8, 4) is 0 Å². The van der Waals surface area contributed by atoms with E-state index in [-0.39, 0.29) is 18.4 Å². The van der Waals surface area contributed by atoms with Crippen LogP contribution in [0.25, 0.3) is 11.0 Å². The summed E-state index contributed by atoms with van der Waals surface area (Å²) < 4.78 is 2.01. The second kappa shape index (κ2) is 6.93. The molecule has 2 aromatic rings. The van der Waals surface area contributed by atoms with Crippen molar-refractivity contribution in [1.29, 1.82) is 0 Å². The topological polar surface area (TPSA) is 58.4 Å². The number of hydrogen-bond acceptors (Lipinski definition) is 4. The van der Waals surface area contributed by atoms with E-state index in [1.165, 1.54) is 0 Å². The zero-order chi connectivity index (χ0) is 16.4. The van der Waals surface area contributed by atoms with E-state index in [2.05, 4.69) is 4.98 Å². The van der Waals surface area contributed by atoms with Gasteiger partial charge < -0.3 is 14.6 Å². The molecule has 1 aliphatic rings. The Kier molecular flexibility index (Phi) is 4.92. The fourth-order valence-electron chi connectivity index (χ4n) is 3.05. The number of nitrogens with zero attached hydrogens (tertiary/aromatic N) is 3. The Balaban J connectivity index is 1.83. The highest BCUT2D eigenvalue weighted by Crippen LogP contribution is 2.21. The molecule has 6 heteroatoms. The number of hydrogen-bond donors (Lipinski definition) is 1. The maximum Gasteiger partial charge on any atom is 0.242 e. The third kappa shape index (κ3) is 3.38. The number of para-hydroxylation sites is 2. The van der Waals surface area contributed by atoms with Crippen LogP contribution < -0.4 is 0 Å². The van der Waals surface area contributed by atoms with Crippen molar-refractivity contribution >= 4 is 28.7 Å². The second-order valence-corrected chi connectivity index (χ2v) is 7.07. The molecule has 0 radical (unpaired) electrons. The summed E-state index contributed by atoms with van der Waals surface area (Å²) in [5, 5.41) is 10.0. The van der Waals surface area contributed by atoms with Gasteiger partial charge in [0.2, 0.25) is 5.91 Å². The largest absolute Gasteiger partial charge is 0.391 e. The van der Waals surface area contributed by atoms with Crippen LogP contribution in [-0.4, -0.2) is 50.9 Å². The molecule has 2 atom stereocenters. The summed E-state index contributed by atoms with van der Waals surface area (Å²) in [6, 6.07) is 7.92. The lowest BCUT2D eigenvalue weighted by Gasteiger charge is -2.34. The summed E-state index contributed by atoms with van der Waals surface area (Å²) in [5.74, 6) is 2.03. The van der Waals surface area contributed by atoms with Gasteiger partial charge in [-0.15, -0.1) is 0 Å². The van der Waals surface area contributed by atoms with Crippen molar-refractivity contribution in [3.05, 3.63) is 30.1 Å². The maximum atomic E-state index is 12.7. The van der Waals surface area contributed by atoms with Gasteiger partial charge in [-0.05, 0) is 30.7 Å². The first-order valence-corrected chi connectivity index (χ1v) is 9.38. The molecule has 0 saturated carbocycles. The van der Waals surface area contributed by atoms with Crippen LogP contribution in [0.3, 0.4) is 0 Å². The molecular weight excluding hydrogens is 310 g/mol. The van der Waals surface area contributed by atoms with Crippen LogP contribution in [0.15, 0.2) is 24.3 Å². The zero-order valence-corrected chi connectivity index (χ0v) is 14.4. The number of likely N-dealkylation sites (tertiary alicyclic amines) is 1. The Morgan fingerprint density at radius 3 is 2.96 bits per heavy atom. The lowest BCUT2D eigenvalue weighted by Crippen LogP contribution is -2.47. The zero-order valence-electron chi connectivity index (χ0n) is 13.6. The quantitative estimate of drug-likeness (QED) is 0.931. The first kappa shape index (κ1) is 16.3. The third-order valence-corrected chi connectivity index (χ3v) is 5.12. The van der Waals surface area contributed by atoms with Gasteiger partial charge in [0, 0.05) is 13.1 Å². The standard InChI is InChI=1S/C17H23N3O2S/c1-12-7-8-19(9-15(12)21)17(22)10-20-14-6-4-3-5-13(14)18-16(20)11-23-2/h3-6,12,15,21H,7-11H2,1-2H3. The average molecular weight is 333 g/mol. The third-order valence-electron chi connectivity index (χ3n) is 4.57. The van der Waals surface area contributed by atoms with Gasteiger partial charge in [-0.2, -0.15) is 11.8 Å². The van der Waals surface area contributed by atoms with Crippen LogP contribution in [0.4, 0.5) is 0 Å². The van der Waals surface area contributed by atoms with Crippen molar-refractivity contribution in [2.24, 2.45) is 5.92 Å². The Hall–Kier alpha value is -1.53. The number of carbonyl (C=O) groups excluding carboxylic acids is 1. The van der Waals surface area contributed by atoms with Crippen LogP contribution in [-0.2, 0) is 17.1 Å². The number of rotatable bonds is 4. The molecular formula is C17H23N3O2S. The van der Waals surface area contributed by atoms with Crippen LogP contribution in [0.1, 0.15) is 19.2 Å². The van der Waals surface area contributed by atoms with Crippen molar-refractivity contribution in [3.63, 3.8) is 0 Å². The Labute approximate surface area is 140 Å². The van der Waals surface area contributed by atoms with Crippen LogP contribution in [0.5, 0.6) is 0 Å². The SMILES string of the molecule is CSCc1nc2ccccc2n1CC(=O)N1CCC(C)C(O)C1. The van der Waals surface area contributed by atoms with Gasteiger partial charge >= 0.3 is 0 Å². The highest BCUT2D eigenvalue weighted by molar-refractivity contribution is 7.97. The van der Waals surface area contributed by atoms with Gasteiger partial charge in [0.15, 0.2) is 0 Å². The molecule has 1 N–H and O–H groups in total. The highest BCUT2D eigenvalue weighted by Gasteiger charge is 2.27. The van der Waals surface area contributed by atoms with Crippen molar-refractivity contribution in [1.82, 2.24) is 14.5 Å². The van der Waals surface area contributed by atoms with E-state index in [9.17, 15) is 9.90 Å². The Morgan fingerprint density at radius 2 is 2.22 bits per heavy atom. The summed E-state index contributed by atoms with van der Waals surface area (Å²) >= 11 is 1.70. The number of carbonyl (C=O) groups is 1. The normalized spacial score (nSPS) is 21.8. The number of fused-ring (bicyclic) bond motifs is 1. The molecule has 1 amide bonds. The highest BCUT2D eigenvalue weighted by atomic mass is 32.2. The number of benzene rings is 1. The van der Waals surface area contributed by atoms with Crippen molar-refractivity contribution in [2.75, 3.05) is 19.3 Å². The fraction of sp³-hybridized carbons (Fsp3) is 0.529. The van der Waals surface area contributed by atoms with E-state index >= 15 is 0 Å². The number of β-amino-alcohol motifs (C(OH)–C–C–N with tert-alkyl or cyclic N) is 1. The number of thioether (sulfide) groups is 1. The smallest absolute Gasteiger partial charge is 0.242 e. The minimum absolute atomic E-state index is 0.0569. The van der Waals surface area contributed by atoms with Crippen molar-refractivity contribution in [2.45, 2.75) is 31.7 Å². The summed E-state index contributed by atoms with van der Waals surface area (Å²) in [7, 11) is 0. The number of aliphatic hydroxyl groups is 1. The van der Waals surface area contributed by atoms with Gasteiger partial charge in [0.05, 0.1) is 22.9 Å². The molecule has 1 aromatic carbocycles. The Bertz CT molecular complexity index is 700. The molecule has 0 aliphatic carbocycles. The van der Waals surface area contributed by atoms with Gasteiger partial charge in [0.1, 0.15) is 12.4 Å². The van der Waals surface area contributed by atoms with E-state index in [1.807, 2.05) is 42.0 Å². The predicted octanol–water partition coefficient (Wildman–Crippen LogP) is 2.13. The Morgan fingerprint density at radius 1 is 1.43 bits per heavy atom. The molecule has 2 unspecified atom stereocenters. The van der Waals surface area contributed by atoms with E-state index in [4.69, 9.17) is 0 Å². The van der Waals surface area contributed by atoms with Crippen molar-refractivity contribution < 1.29 is 9.90 Å². The predicted molar refractivity (Wildman–Crippen MR) is 93.3 cm³/mol. The molecule has 0 bridgehead atoms. The minimum Gasteiger partial charge on any atom is -0.391 e. The first-order valence-electron chi connectivity index (χ1n) is 7.99. The lowest BCUT2D eigenvalue weighted by atomic mass is 9.96. The number of aliphatic hydroxyl groups excluding tert-OH is 1. The van der Waals surface area contributed by atoms with E-state index in [1.54, 1.807) is 16.7 Å². The minimum atomic E-state index is -0.419. The van der Waals surface area contributed by atoms with Crippen LogP contribution in [0, 0.1) is 5.92 Å². The molecule has 1 fully saturated rings.